The van der Waals surface area contributed by atoms with Crippen molar-refractivity contribution in [1.29, 1.82) is 0 Å². The molecule has 0 aliphatic rings. The summed E-state index contributed by atoms with van der Waals surface area (Å²) in [4.78, 5) is 0. The maximum atomic E-state index is 12.9. The number of rotatable bonds is 8. The van der Waals surface area contributed by atoms with Crippen LogP contribution in [0.4, 0.5) is 12.9 Å². The molecule has 108 valence electrons. The maximum absolute atomic E-state index is 12.9. The number of ether oxygens (including phenoxy) is 1. The fourth-order valence-electron chi connectivity index (χ4n) is 1.94. The molecule has 19 heavy (non-hydrogen) atoms. The smallest absolute Gasteiger partial charge is 0.497 e. The quantitative estimate of drug-likeness (QED) is 0.504. The molecule has 0 amide bonds. The summed E-state index contributed by atoms with van der Waals surface area (Å²) in [6.07, 6.45) is 5.25. The van der Waals surface area contributed by atoms with Gasteiger partial charge >= 0.3 is 6.98 Å². The van der Waals surface area contributed by atoms with Crippen molar-refractivity contribution in [3.63, 3.8) is 0 Å². The number of aryl methyl sites for hydroxylation is 1. The molecule has 0 saturated heterocycles. The summed E-state index contributed by atoms with van der Waals surface area (Å²) in [5.74, 6) is -0.0337. The van der Waals surface area contributed by atoms with Crippen LogP contribution in [0, 0.1) is 6.92 Å². The lowest BCUT2D eigenvalue weighted by molar-refractivity contribution is 0.305. The fraction of sp³-hybridized carbons (Fsp3) is 0.571. The second kappa shape index (κ2) is 7.46. The second-order valence-electron chi connectivity index (χ2n) is 4.88. The van der Waals surface area contributed by atoms with E-state index < -0.39 is 12.4 Å². The third-order valence-corrected chi connectivity index (χ3v) is 3.02. The van der Waals surface area contributed by atoms with Gasteiger partial charge in [0.15, 0.2) is 0 Å². The summed E-state index contributed by atoms with van der Waals surface area (Å²) >= 11 is 0. The molecular weight excluding hydrogens is 252 g/mol. The van der Waals surface area contributed by atoms with Gasteiger partial charge in [-0.25, -0.2) is 0 Å². The molecule has 1 aromatic rings. The van der Waals surface area contributed by atoms with Gasteiger partial charge in [0, 0.05) is 0 Å². The highest BCUT2D eigenvalue weighted by Gasteiger charge is 2.29. The summed E-state index contributed by atoms with van der Waals surface area (Å²) in [5.41, 5.74) is -0.0157. The predicted octanol–water partition coefficient (Wildman–Crippen LogP) is 4.40. The van der Waals surface area contributed by atoms with Crippen LogP contribution < -0.4 is 10.2 Å². The third-order valence-electron chi connectivity index (χ3n) is 3.02. The number of unbranched alkanes of at least 4 members (excludes halogenated alkanes) is 4. The van der Waals surface area contributed by atoms with Crippen LogP contribution in [0.15, 0.2) is 18.2 Å². The highest BCUT2D eigenvalue weighted by Crippen LogP contribution is 2.19. The number of benzene rings is 1. The van der Waals surface area contributed by atoms with Gasteiger partial charge in [-0.2, -0.15) is 0 Å². The first-order valence-corrected chi connectivity index (χ1v) is 6.88. The zero-order valence-electron chi connectivity index (χ0n) is 11.6. The lowest BCUT2D eigenvalue weighted by Gasteiger charge is -2.20. The lowest BCUT2D eigenvalue weighted by atomic mass is 9.78. The van der Waals surface area contributed by atoms with Crippen molar-refractivity contribution in [2.75, 3.05) is 6.61 Å². The molecule has 0 bridgehead atoms. The van der Waals surface area contributed by atoms with Crippen molar-refractivity contribution in [3.8, 4) is 5.75 Å². The average Bonchev–Trinajstić information content (AvgIpc) is 2.34. The fourth-order valence-corrected chi connectivity index (χ4v) is 1.94. The summed E-state index contributed by atoms with van der Waals surface area (Å²) in [7, 11) is 0. The van der Waals surface area contributed by atoms with Gasteiger partial charge in [0.25, 0.3) is 0 Å². The van der Waals surface area contributed by atoms with Crippen molar-refractivity contribution in [3.05, 3.63) is 23.8 Å². The molecule has 0 saturated carbocycles. The van der Waals surface area contributed by atoms with E-state index in [0.717, 1.165) is 31.7 Å². The van der Waals surface area contributed by atoms with Crippen LogP contribution in [-0.2, 0) is 0 Å². The van der Waals surface area contributed by atoms with E-state index in [4.69, 9.17) is 4.74 Å². The van der Waals surface area contributed by atoms with E-state index in [1.54, 1.807) is 13.0 Å². The third kappa shape index (κ3) is 5.58. The van der Waals surface area contributed by atoms with E-state index in [9.17, 15) is 12.9 Å². The van der Waals surface area contributed by atoms with Crippen LogP contribution in [0.2, 0.25) is 0 Å². The molecule has 0 aliphatic heterocycles. The molecule has 0 aliphatic carbocycles. The molecule has 0 heterocycles. The van der Waals surface area contributed by atoms with Crippen LogP contribution in [0.1, 0.15) is 44.6 Å². The molecule has 0 fully saturated rings. The maximum Gasteiger partial charge on any atom is 0.513 e. The monoisotopic (exact) mass is 273 g/mol. The Hall–Kier alpha value is -1.13. The van der Waals surface area contributed by atoms with Crippen molar-refractivity contribution in [1.82, 2.24) is 0 Å². The van der Waals surface area contributed by atoms with E-state index in [2.05, 4.69) is 6.92 Å². The predicted molar refractivity (Wildman–Crippen MR) is 74.1 cm³/mol. The zero-order valence-corrected chi connectivity index (χ0v) is 11.6. The average molecular weight is 273 g/mol. The van der Waals surface area contributed by atoms with Gasteiger partial charge < -0.3 is 17.7 Å². The van der Waals surface area contributed by atoms with Crippen LogP contribution in [0.25, 0.3) is 0 Å². The topological polar surface area (TPSA) is 9.23 Å². The Balaban J connectivity index is 2.54. The molecule has 0 unspecified atom stereocenters. The Bertz CT molecular complexity index is 391. The summed E-state index contributed by atoms with van der Waals surface area (Å²) in [6, 6.07) is 4.23. The Kier molecular flexibility index (Phi) is 6.26. The molecule has 1 nitrogen and oxygen atoms in total. The summed E-state index contributed by atoms with van der Waals surface area (Å²) in [6.45, 7) is -0.882. The van der Waals surface area contributed by atoms with E-state index in [-0.39, 0.29) is 5.75 Å². The molecule has 0 N–H and O–H groups in total. The van der Waals surface area contributed by atoms with Crippen molar-refractivity contribution < 1.29 is 17.7 Å². The molecule has 0 atom stereocenters. The van der Waals surface area contributed by atoms with Crippen LogP contribution in [0.5, 0.6) is 5.75 Å². The first-order chi connectivity index (χ1) is 8.95. The minimum atomic E-state index is -5.01. The van der Waals surface area contributed by atoms with Crippen molar-refractivity contribution in [2.24, 2.45) is 0 Å². The molecule has 1 rings (SSSR count). The van der Waals surface area contributed by atoms with Gasteiger partial charge in [0.2, 0.25) is 0 Å². The van der Waals surface area contributed by atoms with Crippen LogP contribution in [0.3, 0.4) is 0 Å². The number of hydrogen-bond acceptors (Lipinski definition) is 1. The van der Waals surface area contributed by atoms with Gasteiger partial charge in [0.1, 0.15) is 0 Å². The number of hydrogen-bond donors (Lipinski definition) is 0. The standard InChI is InChI=1S/C14H21BF3O/c1-3-4-5-6-7-10-19-14-9-8-12(2)11-13(14)15(16,17)18/h8-9,11H,3-7,10H2,1-2H3/q-1. The highest BCUT2D eigenvalue weighted by atomic mass is 19.4. The normalized spacial score (nSPS) is 11.6. The minimum absolute atomic E-state index is 0.0337. The highest BCUT2D eigenvalue weighted by molar-refractivity contribution is 6.74. The summed E-state index contributed by atoms with van der Waals surface area (Å²) < 4.78 is 44.0. The molecule has 1 aromatic carbocycles. The minimum Gasteiger partial charge on any atom is -0.497 e. The van der Waals surface area contributed by atoms with E-state index in [1.807, 2.05) is 0 Å². The molecular formula is C14H21BF3O-. The van der Waals surface area contributed by atoms with Gasteiger partial charge in [-0.1, -0.05) is 55.8 Å². The van der Waals surface area contributed by atoms with Gasteiger partial charge in [0.05, 0.1) is 12.4 Å². The van der Waals surface area contributed by atoms with Gasteiger partial charge in [-0.3, -0.25) is 0 Å². The first kappa shape index (κ1) is 15.9. The van der Waals surface area contributed by atoms with E-state index in [0.29, 0.717) is 12.2 Å². The van der Waals surface area contributed by atoms with Gasteiger partial charge in [-0.05, 0) is 19.4 Å². The molecule has 0 aromatic heterocycles. The van der Waals surface area contributed by atoms with E-state index >= 15 is 0 Å². The van der Waals surface area contributed by atoms with Crippen LogP contribution >= 0.6 is 0 Å². The Morgan fingerprint density at radius 3 is 2.37 bits per heavy atom. The van der Waals surface area contributed by atoms with Gasteiger partial charge in [-0.15, -0.1) is 0 Å². The van der Waals surface area contributed by atoms with E-state index in [1.165, 1.54) is 12.5 Å². The zero-order chi connectivity index (χ0) is 14.3. The number of halogens is 3. The SMILES string of the molecule is CCCCCCCOc1ccc(C)cc1[B-](F)(F)F. The van der Waals surface area contributed by atoms with Crippen molar-refractivity contribution in [2.45, 2.75) is 46.0 Å². The Morgan fingerprint density at radius 1 is 1.05 bits per heavy atom. The summed E-state index contributed by atoms with van der Waals surface area (Å²) in [5, 5.41) is 0. The van der Waals surface area contributed by atoms with Crippen molar-refractivity contribution >= 4 is 12.4 Å². The van der Waals surface area contributed by atoms with Crippen LogP contribution in [-0.4, -0.2) is 13.6 Å². The second-order valence-corrected chi connectivity index (χ2v) is 4.88. The molecule has 0 spiro atoms. The lowest BCUT2D eigenvalue weighted by Crippen LogP contribution is -2.35. The molecule has 5 heteroatoms. The molecule has 0 radical (unpaired) electrons. The Labute approximate surface area is 113 Å². The Morgan fingerprint density at radius 2 is 1.74 bits per heavy atom. The first-order valence-electron chi connectivity index (χ1n) is 6.88. The largest absolute Gasteiger partial charge is 0.513 e.